The van der Waals surface area contributed by atoms with E-state index in [1.54, 1.807) is 0 Å². The molecule has 0 radical (unpaired) electrons. The van der Waals surface area contributed by atoms with Crippen LogP contribution in [0.2, 0.25) is 0 Å². The zero-order chi connectivity index (χ0) is 16.2. The van der Waals surface area contributed by atoms with E-state index in [0.717, 1.165) is 33.8 Å². The summed E-state index contributed by atoms with van der Waals surface area (Å²) in [4.78, 5) is 0. The number of hydrogen-bond donors (Lipinski definition) is 0. The highest BCUT2D eigenvalue weighted by atomic mass is 16.5. The van der Waals surface area contributed by atoms with Crippen molar-refractivity contribution < 1.29 is 9.47 Å². The Kier molecular flexibility index (Phi) is 3.86. The summed E-state index contributed by atoms with van der Waals surface area (Å²) in [6.45, 7) is 0. The minimum Gasteiger partial charge on any atom is -0.457 e. The van der Waals surface area contributed by atoms with Crippen LogP contribution in [0.4, 0.5) is 0 Å². The Morgan fingerprint density at radius 2 is 0.750 bits per heavy atom. The molecule has 4 aromatic rings. The molecule has 0 aliphatic carbocycles. The van der Waals surface area contributed by atoms with Crippen molar-refractivity contribution in [3.8, 4) is 23.0 Å². The van der Waals surface area contributed by atoms with Gasteiger partial charge in [0.2, 0.25) is 0 Å². The fraction of sp³-hybridized carbons (Fsp3) is 0. The number of hydrogen-bond acceptors (Lipinski definition) is 2. The van der Waals surface area contributed by atoms with E-state index in [0.29, 0.717) is 0 Å². The zero-order valence-electron chi connectivity index (χ0n) is 13.1. The molecule has 24 heavy (non-hydrogen) atoms. The van der Waals surface area contributed by atoms with Gasteiger partial charge in [0, 0.05) is 10.8 Å². The van der Waals surface area contributed by atoms with Gasteiger partial charge in [0.15, 0.2) is 0 Å². The van der Waals surface area contributed by atoms with Crippen LogP contribution in [0, 0.1) is 0 Å². The maximum atomic E-state index is 6.04. The Hall–Kier alpha value is -3.26. The highest BCUT2D eigenvalue weighted by Crippen LogP contribution is 2.37. The second kappa shape index (κ2) is 6.47. The molecule has 0 atom stereocenters. The second-order valence-corrected chi connectivity index (χ2v) is 5.44. The summed E-state index contributed by atoms with van der Waals surface area (Å²) in [5.41, 5.74) is 0. The summed E-state index contributed by atoms with van der Waals surface area (Å²) in [5.74, 6) is 3.27. The van der Waals surface area contributed by atoms with E-state index in [9.17, 15) is 0 Å². The molecule has 0 aliphatic rings. The number of fused-ring (bicyclic) bond motifs is 1. The normalized spacial score (nSPS) is 10.5. The van der Waals surface area contributed by atoms with E-state index in [2.05, 4.69) is 0 Å². The lowest BCUT2D eigenvalue weighted by atomic mass is 10.1. The second-order valence-electron chi connectivity index (χ2n) is 5.44. The van der Waals surface area contributed by atoms with Crippen molar-refractivity contribution in [3.05, 3.63) is 97.1 Å². The van der Waals surface area contributed by atoms with Crippen molar-refractivity contribution in [2.75, 3.05) is 0 Å². The first-order chi connectivity index (χ1) is 11.9. The van der Waals surface area contributed by atoms with Gasteiger partial charge < -0.3 is 9.47 Å². The third-order valence-electron chi connectivity index (χ3n) is 3.79. The van der Waals surface area contributed by atoms with E-state index >= 15 is 0 Å². The van der Waals surface area contributed by atoms with Gasteiger partial charge in [0.05, 0.1) is 0 Å². The molecule has 0 N–H and O–H groups in total. The SMILES string of the molecule is c1ccc(Oc2ccc(Oc3ccccc3)c3ccccc23)cc1. The third-order valence-corrected chi connectivity index (χ3v) is 3.79. The molecule has 2 nitrogen and oxygen atoms in total. The lowest BCUT2D eigenvalue weighted by Gasteiger charge is -2.13. The van der Waals surface area contributed by atoms with Gasteiger partial charge in [-0.1, -0.05) is 60.7 Å². The summed E-state index contributed by atoms with van der Waals surface area (Å²) < 4.78 is 12.1. The van der Waals surface area contributed by atoms with Crippen LogP contribution in [-0.4, -0.2) is 0 Å². The van der Waals surface area contributed by atoms with E-state index in [1.165, 1.54) is 0 Å². The molecule has 0 aromatic heterocycles. The molecule has 0 bridgehead atoms. The molecular weight excluding hydrogens is 296 g/mol. The quantitative estimate of drug-likeness (QED) is 0.432. The fourth-order valence-electron chi connectivity index (χ4n) is 2.65. The monoisotopic (exact) mass is 312 g/mol. The summed E-state index contributed by atoms with van der Waals surface area (Å²) in [6.07, 6.45) is 0. The molecule has 4 rings (SSSR count). The molecule has 0 unspecified atom stereocenters. The minimum atomic E-state index is 0.817. The van der Waals surface area contributed by atoms with Crippen molar-refractivity contribution >= 4 is 10.8 Å². The van der Waals surface area contributed by atoms with Gasteiger partial charge in [-0.15, -0.1) is 0 Å². The van der Waals surface area contributed by atoms with Crippen LogP contribution in [0.15, 0.2) is 97.1 Å². The lowest BCUT2D eigenvalue weighted by Crippen LogP contribution is -1.89. The molecular formula is C22H16O2. The van der Waals surface area contributed by atoms with Gasteiger partial charge in [-0.25, -0.2) is 0 Å². The molecule has 0 saturated carbocycles. The van der Waals surface area contributed by atoms with Crippen LogP contribution in [0.3, 0.4) is 0 Å². The first-order valence-electron chi connectivity index (χ1n) is 7.88. The zero-order valence-corrected chi connectivity index (χ0v) is 13.1. The van der Waals surface area contributed by atoms with Gasteiger partial charge in [0.1, 0.15) is 23.0 Å². The van der Waals surface area contributed by atoms with Crippen LogP contribution in [-0.2, 0) is 0 Å². The predicted octanol–water partition coefficient (Wildman–Crippen LogP) is 6.42. The van der Waals surface area contributed by atoms with Gasteiger partial charge in [-0.3, -0.25) is 0 Å². The Morgan fingerprint density at radius 3 is 1.17 bits per heavy atom. The van der Waals surface area contributed by atoms with Crippen molar-refractivity contribution in [1.29, 1.82) is 0 Å². The van der Waals surface area contributed by atoms with E-state index in [1.807, 2.05) is 97.1 Å². The van der Waals surface area contributed by atoms with Crippen molar-refractivity contribution in [2.24, 2.45) is 0 Å². The summed E-state index contributed by atoms with van der Waals surface area (Å²) in [7, 11) is 0. The highest BCUT2D eigenvalue weighted by molar-refractivity contribution is 5.93. The third kappa shape index (κ3) is 2.95. The van der Waals surface area contributed by atoms with E-state index < -0.39 is 0 Å². The minimum absolute atomic E-state index is 0.817. The summed E-state index contributed by atoms with van der Waals surface area (Å²) in [5, 5.41) is 2.05. The van der Waals surface area contributed by atoms with Gasteiger partial charge in [0.25, 0.3) is 0 Å². The van der Waals surface area contributed by atoms with Gasteiger partial charge >= 0.3 is 0 Å². The number of benzene rings is 4. The number of rotatable bonds is 4. The van der Waals surface area contributed by atoms with E-state index in [4.69, 9.17) is 9.47 Å². The average molecular weight is 312 g/mol. The molecule has 0 saturated heterocycles. The summed E-state index contributed by atoms with van der Waals surface area (Å²) in [6, 6.07) is 31.6. The average Bonchev–Trinajstić information content (AvgIpc) is 2.65. The number of ether oxygens (including phenoxy) is 2. The maximum absolute atomic E-state index is 6.04. The molecule has 0 amide bonds. The molecule has 4 aromatic carbocycles. The van der Waals surface area contributed by atoms with E-state index in [-0.39, 0.29) is 0 Å². The standard InChI is InChI=1S/C22H16O2/c1-3-9-17(10-4-1)23-21-15-16-22(20-14-8-7-13-19(20)21)24-18-11-5-2-6-12-18/h1-16H. The molecule has 2 heteroatoms. The summed E-state index contributed by atoms with van der Waals surface area (Å²) >= 11 is 0. The largest absolute Gasteiger partial charge is 0.457 e. The van der Waals surface area contributed by atoms with Crippen LogP contribution < -0.4 is 9.47 Å². The molecule has 0 spiro atoms. The van der Waals surface area contributed by atoms with Crippen molar-refractivity contribution in [1.82, 2.24) is 0 Å². The molecule has 0 aliphatic heterocycles. The highest BCUT2D eigenvalue weighted by Gasteiger charge is 2.09. The number of para-hydroxylation sites is 2. The van der Waals surface area contributed by atoms with Crippen molar-refractivity contribution in [3.63, 3.8) is 0 Å². The Morgan fingerprint density at radius 1 is 0.375 bits per heavy atom. The maximum Gasteiger partial charge on any atom is 0.135 e. The van der Waals surface area contributed by atoms with Crippen LogP contribution in [0.1, 0.15) is 0 Å². The molecule has 0 heterocycles. The van der Waals surface area contributed by atoms with Crippen LogP contribution in [0.5, 0.6) is 23.0 Å². The smallest absolute Gasteiger partial charge is 0.135 e. The Labute approximate surface area is 140 Å². The first-order valence-corrected chi connectivity index (χ1v) is 7.88. The predicted molar refractivity (Wildman–Crippen MR) is 97.0 cm³/mol. The van der Waals surface area contributed by atoms with Gasteiger partial charge in [-0.2, -0.15) is 0 Å². The molecule has 116 valence electrons. The fourth-order valence-corrected chi connectivity index (χ4v) is 2.65. The van der Waals surface area contributed by atoms with Crippen molar-refractivity contribution in [2.45, 2.75) is 0 Å². The lowest BCUT2D eigenvalue weighted by molar-refractivity contribution is 0.477. The Balaban J connectivity index is 1.74. The van der Waals surface area contributed by atoms with Crippen LogP contribution in [0.25, 0.3) is 10.8 Å². The Bertz CT molecular complexity index is 867. The van der Waals surface area contributed by atoms with Gasteiger partial charge in [-0.05, 0) is 36.4 Å². The molecule has 0 fully saturated rings. The van der Waals surface area contributed by atoms with Crippen LogP contribution >= 0.6 is 0 Å². The topological polar surface area (TPSA) is 18.5 Å². The first kappa shape index (κ1) is 14.3.